The molecule has 1 saturated carbocycles. The highest BCUT2D eigenvalue weighted by Gasteiger charge is 2.31. The topological polar surface area (TPSA) is 27.0 Å². The lowest BCUT2D eigenvalue weighted by Crippen LogP contribution is -2.39. The molecule has 0 saturated heterocycles. The Hall–Kier alpha value is -1.14. The second-order valence-electron chi connectivity index (χ2n) is 6.24. The monoisotopic (exact) mass is 302 g/mol. The molecule has 1 aromatic carbocycles. The Labute approximate surface area is 134 Å². The molecule has 0 amide bonds. The molecule has 0 radical (unpaired) electrons. The predicted molar refractivity (Wildman–Crippen MR) is 92.9 cm³/mol. The minimum atomic E-state index is 0.310. The van der Waals surface area contributed by atoms with Crippen molar-refractivity contribution >= 4 is 18.3 Å². The van der Waals surface area contributed by atoms with Gasteiger partial charge in [0, 0.05) is 18.8 Å². The molecule has 0 aliphatic heterocycles. The lowest BCUT2D eigenvalue weighted by atomic mass is 9.81. The van der Waals surface area contributed by atoms with E-state index >= 15 is 0 Å². The molecule has 3 heteroatoms. The fraction of sp³-hybridized carbons (Fsp3) is 0.611. The van der Waals surface area contributed by atoms with Crippen LogP contribution >= 0.6 is 12.6 Å². The third-order valence-electron chi connectivity index (χ3n) is 4.64. The molecule has 114 valence electrons. The normalized spacial score (nSPS) is 17.7. The van der Waals surface area contributed by atoms with Gasteiger partial charge in [0.25, 0.3) is 0 Å². The first-order valence-electron chi connectivity index (χ1n) is 8.07. The van der Waals surface area contributed by atoms with Crippen LogP contribution in [0, 0.1) is 16.7 Å². The molecule has 1 aliphatic carbocycles. The maximum atomic E-state index is 8.94. The summed E-state index contributed by atoms with van der Waals surface area (Å²) < 4.78 is 0. The third-order valence-corrected chi connectivity index (χ3v) is 5.31. The largest absolute Gasteiger partial charge is 0.370 e. The van der Waals surface area contributed by atoms with Gasteiger partial charge in [0.1, 0.15) is 0 Å². The molecule has 0 atom stereocenters. The van der Waals surface area contributed by atoms with Crippen LogP contribution in [0.5, 0.6) is 0 Å². The molecule has 1 aromatic rings. The van der Waals surface area contributed by atoms with E-state index in [9.17, 15) is 0 Å². The Bertz CT molecular complexity index is 444. The Balaban J connectivity index is 2.14. The smallest absolute Gasteiger partial charge is 0.0640 e. The number of thiol groups is 1. The summed E-state index contributed by atoms with van der Waals surface area (Å²) in [5.41, 5.74) is 1.54. The minimum Gasteiger partial charge on any atom is -0.370 e. The number of rotatable bonds is 6. The summed E-state index contributed by atoms with van der Waals surface area (Å²) in [4.78, 5) is 2.39. The average molecular weight is 302 g/mol. The van der Waals surface area contributed by atoms with E-state index < -0.39 is 0 Å². The highest BCUT2D eigenvalue weighted by Crippen LogP contribution is 2.37. The summed E-state index contributed by atoms with van der Waals surface area (Å²) >= 11 is 4.68. The van der Waals surface area contributed by atoms with E-state index in [0.29, 0.717) is 11.8 Å². The van der Waals surface area contributed by atoms with E-state index in [-0.39, 0.29) is 0 Å². The first-order chi connectivity index (χ1) is 10.3. The molecule has 1 aliphatic rings. The molecule has 0 spiro atoms. The predicted octanol–water partition coefficient (Wildman–Crippen LogP) is 4.68. The summed E-state index contributed by atoms with van der Waals surface area (Å²) in [5, 5.41) is 8.94. The second-order valence-corrected chi connectivity index (χ2v) is 6.55. The fourth-order valence-corrected chi connectivity index (χ4v) is 3.79. The first-order valence-corrected chi connectivity index (χ1v) is 8.71. The average Bonchev–Trinajstić information content (AvgIpc) is 2.78. The molecular formula is C18H26N2S. The van der Waals surface area contributed by atoms with Crippen molar-refractivity contribution < 1.29 is 0 Å². The summed E-state index contributed by atoms with van der Waals surface area (Å²) in [6.07, 6.45) is 8.48. The van der Waals surface area contributed by atoms with Gasteiger partial charge >= 0.3 is 0 Å². The number of para-hydroxylation sites is 1. The summed E-state index contributed by atoms with van der Waals surface area (Å²) in [7, 11) is 0. The highest BCUT2D eigenvalue weighted by molar-refractivity contribution is 7.80. The van der Waals surface area contributed by atoms with Crippen molar-refractivity contribution in [1.29, 1.82) is 5.26 Å². The number of nitrogens with zero attached hydrogens (tertiary/aromatic N) is 2. The van der Waals surface area contributed by atoms with Gasteiger partial charge in [0.2, 0.25) is 0 Å². The van der Waals surface area contributed by atoms with Crippen molar-refractivity contribution in [2.24, 2.45) is 5.41 Å². The molecule has 0 unspecified atom stereocenters. The van der Waals surface area contributed by atoms with Gasteiger partial charge in [-0.3, -0.25) is 0 Å². The minimum absolute atomic E-state index is 0.310. The van der Waals surface area contributed by atoms with Gasteiger partial charge < -0.3 is 4.90 Å². The van der Waals surface area contributed by atoms with Crippen LogP contribution in [0.25, 0.3) is 0 Å². The lowest BCUT2D eigenvalue weighted by molar-refractivity contribution is 0.290. The Morgan fingerprint density at radius 1 is 1.10 bits per heavy atom. The van der Waals surface area contributed by atoms with Crippen LogP contribution in [0.2, 0.25) is 0 Å². The van der Waals surface area contributed by atoms with Crippen molar-refractivity contribution in [3.63, 3.8) is 0 Å². The van der Waals surface area contributed by atoms with Gasteiger partial charge in [-0.1, -0.05) is 43.9 Å². The van der Waals surface area contributed by atoms with Gasteiger partial charge in [-0.05, 0) is 36.1 Å². The summed E-state index contributed by atoms with van der Waals surface area (Å²) in [6.45, 7) is 1.85. The van der Waals surface area contributed by atoms with Crippen LogP contribution in [0.4, 0.5) is 5.69 Å². The molecule has 2 rings (SSSR count). The van der Waals surface area contributed by atoms with Crippen LogP contribution in [-0.2, 0) is 0 Å². The van der Waals surface area contributed by atoms with Crippen molar-refractivity contribution in [2.45, 2.75) is 44.9 Å². The molecule has 2 nitrogen and oxygen atoms in total. The van der Waals surface area contributed by atoms with E-state index in [2.05, 4.69) is 47.9 Å². The lowest BCUT2D eigenvalue weighted by Gasteiger charge is -2.38. The van der Waals surface area contributed by atoms with Gasteiger partial charge in [-0.2, -0.15) is 17.9 Å². The van der Waals surface area contributed by atoms with Crippen molar-refractivity contribution in [3.8, 4) is 6.07 Å². The summed E-state index contributed by atoms with van der Waals surface area (Å²) in [5.74, 6) is 0.947. The number of hydrogen-bond acceptors (Lipinski definition) is 3. The van der Waals surface area contributed by atoms with E-state index in [1.165, 1.54) is 44.2 Å². The molecule has 0 N–H and O–H groups in total. The van der Waals surface area contributed by atoms with Gasteiger partial charge in [-0.25, -0.2) is 0 Å². The Morgan fingerprint density at radius 2 is 1.76 bits per heavy atom. The maximum Gasteiger partial charge on any atom is 0.0640 e. The third kappa shape index (κ3) is 4.68. The molecule has 1 fully saturated rings. The van der Waals surface area contributed by atoms with Crippen molar-refractivity contribution in [2.75, 3.05) is 23.7 Å². The number of anilines is 1. The molecule has 0 heterocycles. The van der Waals surface area contributed by atoms with Gasteiger partial charge in [0.15, 0.2) is 0 Å². The number of benzene rings is 1. The number of nitriles is 1. The maximum absolute atomic E-state index is 8.94. The summed E-state index contributed by atoms with van der Waals surface area (Å²) in [6, 6.07) is 12.8. The Morgan fingerprint density at radius 3 is 2.33 bits per heavy atom. The van der Waals surface area contributed by atoms with Gasteiger partial charge in [0.05, 0.1) is 12.5 Å². The van der Waals surface area contributed by atoms with E-state index in [4.69, 9.17) is 5.26 Å². The molecule has 0 aromatic heterocycles. The van der Waals surface area contributed by atoms with Crippen LogP contribution in [0.1, 0.15) is 44.9 Å². The molecular weight excluding hydrogens is 276 g/mol. The van der Waals surface area contributed by atoms with Crippen molar-refractivity contribution in [1.82, 2.24) is 0 Å². The standard InChI is InChI=1S/C18H26N2S/c19-13-8-14-20(17-9-4-3-5-10-17)15-18(16-21)11-6-1-2-7-12-18/h3-5,9-10,21H,1-2,6-8,11-12,14-16H2. The van der Waals surface area contributed by atoms with E-state index in [0.717, 1.165) is 18.8 Å². The van der Waals surface area contributed by atoms with Gasteiger partial charge in [-0.15, -0.1) is 0 Å². The highest BCUT2D eigenvalue weighted by atomic mass is 32.1. The van der Waals surface area contributed by atoms with Crippen LogP contribution in [0.3, 0.4) is 0 Å². The van der Waals surface area contributed by atoms with E-state index in [1.807, 2.05) is 6.07 Å². The van der Waals surface area contributed by atoms with Crippen LogP contribution in [-0.4, -0.2) is 18.8 Å². The first kappa shape index (κ1) is 16.2. The SMILES string of the molecule is N#CCCN(CC1(CS)CCCCCC1)c1ccccc1. The zero-order valence-corrected chi connectivity index (χ0v) is 13.7. The van der Waals surface area contributed by atoms with Crippen LogP contribution < -0.4 is 4.90 Å². The van der Waals surface area contributed by atoms with Crippen LogP contribution in [0.15, 0.2) is 30.3 Å². The number of hydrogen-bond donors (Lipinski definition) is 1. The second kappa shape index (κ2) is 8.34. The molecule has 21 heavy (non-hydrogen) atoms. The Kier molecular flexibility index (Phi) is 6.45. The zero-order valence-electron chi connectivity index (χ0n) is 12.8. The molecule has 0 bridgehead atoms. The van der Waals surface area contributed by atoms with E-state index in [1.54, 1.807) is 0 Å². The quantitative estimate of drug-likeness (QED) is 0.610. The fourth-order valence-electron chi connectivity index (χ4n) is 3.37. The van der Waals surface area contributed by atoms with Crippen molar-refractivity contribution in [3.05, 3.63) is 30.3 Å². The zero-order chi connectivity index (χ0) is 15.0.